The van der Waals surface area contributed by atoms with E-state index in [1.165, 1.54) is 22.5 Å². The highest BCUT2D eigenvalue weighted by molar-refractivity contribution is 7.92. The lowest BCUT2D eigenvalue weighted by molar-refractivity contribution is -0.383. The second-order valence-electron chi connectivity index (χ2n) is 20.3. The van der Waals surface area contributed by atoms with Crippen LogP contribution in [0.25, 0.3) is 43.6 Å². The van der Waals surface area contributed by atoms with Crippen LogP contribution in [0.15, 0.2) is 175 Å². The molecule has 0 amide bonds. The van der Waals surface area contributed by atoms with Crippen LogP contribution in [-0.2, 0) is 40.9 Å². The first-order chi connectivity index (χ1) is 40.4. The Bertz CT molecular complexity index is 4490. The van der Waals surface area contributed by atoms with Gasteiger partial charge in [-0.25, -0.2) is 18.4 Å². The minimum Gasteiger partial charge on any atom is -0.397 e. The van der Waals surface area contributed by atoms with Crippen LogP contribution in [0, 0.1) is 10.1 Å². The van der Waals surface area contributed by atoms with Crippen LogP contribution in [-0.4, -0.2) is 43.2 Å². The molecule has 2 aliphatic heterocycles. The Morgan fingerprint density at radius 2 is 1.02 bits per heavy atom. The van der Waals surface area contributed by atoms with Gasteiger partial charge in [-0.15, -0.1) is 0 Å². The van der Waals surface area contributed by atoms with Crippen LogP contribution in [0.4, 0.5) is 83.5 Å². The zero-order valence-corrected chi connectivity index (χ0v) is 46.0. The fourth-order valence-electron chi connectivity index (χ4n) is 9.38. The summed E-state index contributed by atoms with van der Waals surface area (Å²) in [6.45, 7) is 6.27. The zero-order valence-electron chi connectivity index (χ0n) is 45.2. The third-order valence-electron chi connectivity index (χ3n) is 13.8. The average Bonchev–Trinajstić information content (AvgIpc) is 2.54. The average molecular weight is 1180 g/mol. The number of fused-ring (bicyclic) bond motifs is 10. The van der Waals surface area contributed by atoms with E-state index in [0.29, 0.717) is 67.9 Å². The van der Waals surface area contributed by atoms with Crippen molar-refractivity contribution in [2.45, 2.75) is 56.5 Å². The van der Waals surface area contributed by atoms with Crippen molar-refractivity contribution in [3.63, 3.8) is 0 Å². The Morgan fingerprint density at radius 3 is 1.59 bits per heavy atom. The second kappa shape index (κ2) is 22.7. The number of rotatable bonds is 3. The maximum Gasteiger partial charge on any atom is 0.433 e. The maximum absolute atomic E-state index is 14.0. The molecule has 6 aromatic heterocycles. The smallest absolute Gasteiger partial charge is 0.397 e. The Balaban J connectivity index is 0.000000139. The Hall–Kier alpha value is -10.4. The number of pyridine rings is 6. The van der Waals surface area contributed by atoms with Gasteiger partial charge in [-0.2, -0.15) is 26.3 Å². The monoisotopic (exact) mass is 1180 g/mol. The number of benzene rings is 5. The van der Waals surface area contributed by atoms with Gasteiger partial charge in [-0.1, -0.05) is 45.0 Å². The second-order valence-corrected chi connectivity index (χ2v) is 22.2. The van der Waals surface area contributed by atoms with E-state index in [1.807, 2.05) is 57.2 Å². The Morgan fingerprint density at radius 1 is 0.553 bits per heavy atom. The molecule has 18 nitrogen and oxygen atoms in total. The van der Waals surface area contributed by atoms with E-state index >= 15 is 0 Å². The van der Waals surface area contributed by atoms with Gasteiger partial charge in [0.15, 0.2) is 0 Å². The van der Waals surface area contributed by atoms with Crippen LogP contribution in [0.2, 0.25) is 0 Å². The minimum absolute atomic E-state index is 0.0462. The predicted molar refractivity (Wildman–Crippen MR) is 318 cm³/mol. The van der Waals surface area contributed by atoms with Gasteiger partial charge in [0.1, 0.15) is 28.7 Å². The van der Waals surface area contributed by atoms with Crippen molar-refractivity contribution in [3.8, 4) is 0 Å². The molecular formula is C60H50F6N14O4S. The fourth-order valence-corrected chi connectivity index (χ4v) is 10.9. The van der Waals surface area contributed by atoms with Crippen molar-refractivity contribution < 1.29 is 39.7 Å². The molecule has 25 heteroatoms. The summed E-state index contributed by atoms with van der Waals surface area (Å²) in [6, 6.07) is 39.0. The van der Waals surface area contributed by atoms with Crippen LogP contribution in [0.5, 0.6) is 0 Å². The molecule has 0 fully saturated rings. The Labute approximate surface area is 481 Å². The molecule has 0 unspecified atom stereocenters. The third kappa shape index (κ3) is 12.1. The first kappa shape index (κ1) is 57.8. The first-order valence-corrected chi connectivity index (χ1v) is 27.3. The van der Waals surface area contributed by atoms with Crippen LogP contribution >= 0.6 is 0 Å². The number of nitro groups is 1. The molecule has 13 rings (SSSR count). The van der Waals surface area contributed by atoms with Gasteiger partial charge in [-0.3, -0.25) is 34.4 Å². The van der Waals surface area contributed by atoms with Gasteiger partial charge in [-0.05, 0) is 126 Å². The van der Waals surface area contributed by atoms with Crippen molar-refractivity contribution in [3.05, 3.63) is 209 Å². The number of halogens is 6. The van der Waals surface area contributed by atoms with Gasteiger partial charge >= 0.3 is 12.4 Å². The van der Waals surface area contributed by atoms with Crippen molar-refractivity contribution in [2.75, 3.05) is 37.5 Å². The number of nitrogen functional groups attached to an aromatic ring is 3. The predicted octanol–water partition coefficient (Wildman–Crippen LogP) is 13.8. The van der Waals surface area contributed by atoms with E-state index in [1.54, 1.807) is 104 Å². The molecular weight excluding hydrogens is 1130 g/mol. The maximum atomic E-state index is 14.0. The lowest BCUT2D eigenvalue weighted by atomic mass is 9.87. The zero-order chi connectivity index (χ0) is 60.6. The molecule has 0 bridgehead atoms. The summed E-state index contributed by atoms with van der Waals surface area (Å²) < 4.78 is 108. The number of nitro benzene ring substituents is 1. The topological polar surface area (TPSA) is 272 Å². The van der Waals surface area contributed by atoms with Crippen molar-refractivity contribution in [1.29, 1.82) is 0 Å². The van der Waals surface area contributed by atoms with E-state index in [-0.39, 0.29) is 39.9 Å². The SMILES string of the molecule is CC(C)(C)c1ccc(S(=O)(=O)N2Cc3ccc(C(F)(F)F)nc3Nc3ccc4ncccc4c32)cc1.FC(F)(F)c1ccc2c(n1)Nc1ccc3ncccc3c1NC2.Nc1c([N+](=O)[O-])ccc2ncccc12.Nc1ccc2ncccc2c1N. The molecule has 0 radical (unpaired) electrons. The van der Waals surface area contributed by atoms with Gasteiger partial charge < -0.3 is 33.2 Å². The highest BCUT2D eigenvalue weighted by atomic mass is 32.2. The lowest BCUT2D eigenvalue weighted by Crippen LogP contribution is -2.30. The summed E-state index contributed by atoms with van der Waals surface area (Å²) in [6.07, 6.45) is -2.46. The van der Waals surface area contributed by atoms with E-state index < -0.39 is 38.7 Å². The molecule has 0 atom stereocenters. The summed E-state index contributed by atoms with van der Waals surface area (Å²) in [5, 5.41) is 22.8. The molecule has 0 spiro atoms. The summed E-state index contributed by atoms with van der Waals surface area (Å²) in [5.74, 6) is 0.171. The third-order valence-corrected chi connectivity index (χ3v) is 15.5. The number of nitrogens with two attached hydrogens (primary N) is 3. The van der Waals surface area contributed by atoms with E-state index in [4.69, 9.17) is 17.2 Å². The highest BCUT2D eigenvalue weighted by Crippen LogP contribution is 2.44. The number of hydrogen-bond acceptors (Lipinski definition) is 16. The van der Waals surface area contributed by atoms with Crippen LogP contribution in [0.1, 0.15) is 48.8 Å². The number of nitrogens with zero attached hydrogens (tertiary/aromatic N) is 8. The fraction of sp³-hybridized carbons (Fsp3) is 0.133. The molecule has 11 aromatic rings. The van der Waals surface area contributed by atoms with Crippen molar-refractivity contribution in [2.24, 2.45) is 0 Å². The van der Waals surface area contributed by atoms with E-state index in [2.05, 4.69) is 45.9 Å². The highest BCUT2D eigenvalue weighted by Gasteiger charge is 2.37. The minimum atomic E-state index is -4.64. The summed E-state index contributed by atoms with van der Waals surface area (Å²) in [5.41, 5.74) is 23.2. The molecule has 0 saturated heterocycles. The van der Waals surface area contributed by atoms with Gasteiger partial charge in [0.2, 0.25) is 0 Å². The van der Waals surface area contributed by atoms with E-state index in [0.717, 1.165) is 45.2 Å². The summed E-state index contributed by atoms with van der Waals surface area (Å²) in [4.78, 5) is 34.5. The molecule has 0 saturated carbocycles. The number of nitrogens with one attached hydrogen (secondary N) is 3. The number of sulfonamides is 1. The number of aromatic nitrogens is 6. The molecule has 5 aromatic carbocycles. The molecule has 0 aliphatic carbocycles. The summed E-state index contributed by atoms with van der Waals surface area (Å²) >= 11 is 0. The van der Waals surface area contributed by atoms with E-state index in [9.17, 15) is 44.9 Å². The molecule has 85 heavy (non-hydrogen) atoms. The normalized spacial score (nSPS) is 12.8. The number of alkyl halides is 6. The van der Waals surface area contributed by atoms with Gasteiger partial charge in [0, 0.05) is 70.1 Å². The molecule has 8 heterocycles. The standard InChI is InChI=1S/C26H23F3N4O2S.C16H11F3N4.C9H7N3O2.C9H9N3/c1-25(2,3)17-7-9-18(10-8-17)36(34,35)33-15-16-6-13-22(26(27,28)29)32-24(16)31-21-12-11-20-19(23(21)33)5-4-14-30-20;17-16(18,19)13-6-3-9-8-21-14-10-2-1-7-20-11(10)4-5-12(14)22-15(9)23-13;10-9-6-2-1-5-11-7(6)3-4-8(9)12(13)14;10-7-3-4-8-6(9(7)11)2-1-5-12-8/h4-14H,15H2,1-3H3,(H,31,32);1-7,21H,8H2,(H,22,23);1-5H,10H2;1-5H,10-11H2. The van der Waals surface area contributed by atoms with Crippen molar-refractivity contribution in [1.82, 2.24) is 29.9 Å². The van der Waals surface area contributed by atoms with Crippen LogP contribution in [0.3, 0.4) is 0 Å². The quantitative estimate of drug-likeness (QED) is 0.0415. The molecule has 432 valence electrons. The van der Waals surface area contributed by atoms with Crippen molar-refractivity contribution >= 4 is 111 Å². The first-order valence-electron chi connectivity index (χ1n) is 25.8. The van der Waals surface area contributed by atoms with Gasteiger partial charge in [0.05, 0.1) is 72.6 Å². The van der Waals surface area contributed by atoms with Gasteiger partial charge in [0.25, 0.3) is 15.7 Å². The number of hydrogen-bond donors (Lipinski definition) is 6. The largest absolute Gasteiger partial charge is 0.433 e. The lowest BCUT2D eigenvalue weighted by Gasteiger charge is -2.26. The Kier molecular flexibility index (Phi) is 15.5. The van der Waals surface area contributed by atoms with Crippen LogP contribution < -0.4 is 37.5 Å². The molecule has 9 N–H and O–H groups in total. The summed E-state index contributed by atoms with van der Waals surface area (Å²) in [7, 11) is -4.12. The number of anilines is 9. The molecule has 2 aliphatic rings.